The topological polar surface area (TPSA) is 79.4 Å². The lowest BCUT2D eigenvalue weighted by Gasteiger charge is -2.34. The van der Waals surface area contributed by atoms with Gasteiger partial charge in [0, 0.05) is 23.5 Å². The van der Waals surface area contributed by atoms with Crippen LogP contribution in [0.3, 0.4) is 0 Å². The van der Waals surface area contributed by atoms with Gasteiger partial charge in [0.15, 0.2) is 5.13 Å². The number of benzene rings is 1. The molecule has 3 aromatic rings. The van der Waals surface area contributed by atoms with E-state index in [9.17, 15) is 13.2 Å². The van der Waals surface area contributed by atoms with E-state index in [2.05, 4.69) is 26.2 Å². The van der Waals surface area contributed by atoms with Crippen molar-refractivity contribution in [2.45, 2.75) is 43.5 Å². The van der Waals surface area contributed by atoms with Gasteiger partial charge in [-0.05, 0) is 71.6 Å². The molecular formula is C21H22BrN3O3S3. The third kappa shape index (κ3) is 4.93. The molecule has 0 aliphatic carbocycles. The number of sulfonamides is 1. The number of amides is 1. The molecule has 1 amide bonds. The summed E-state index contributed by atoms with van der Waals surface area (Å²) in [5.41, 5.74) is 1.20. The second-order valence-electron chi connectivity index (χ2n) is 7.29. The number of aromatic nitrogens is 1. The van der Waals surface area contributed by atoms with Crippen molar-refractivity contribution in [2.24, 2.45) is 0 Å². The molecule has 1 saturated heterocycles. The van der Waals surface area contributed by atoms with Crippen LogP contribution in [0.25, 0.3) is 10.6 Å². The van der Waals surface area contributed by atoms with Crippen molar-refractivity contribution >= 4 is 59.7 Å². The molecule has 2 aromatic heterocycles. The summed E-state index contributed by atoms with van der Waals surface area (Å²) in [6, 6.07) is 10.1. The number of anilines is 1. The summed E-state index contributed by atoms with van der Waals surface area (Å²) in [6.45, 7) is 2.57. The van der Waals surface area contributed by atoms with Crippen LogP contribution in [0.4, 0.5) is 5.13 Å². The number of piperidine rings is 1. The molecule has 1 aliphatic heterocycles. The summed E-state index contributed by atoms with van der Waals surface area (Å²) in [4.78, 5) is 18.3. The highest BCUT2D eigenvalue weighted by atomic mass is 79.9. The SMILES string of the molecule is CCC1CCCCN1S(=O)(=O)c1ccc(C(=O)Nc2nc(-c3ccc(Br)s3)cs2)cc1. The van der Waals surface area contributed by atoms with Crippen LogP contribution < -0.4 is 5.32 Å². The average molecular weight is 541 g/mol. The second-order valence-corrected chi connectivity index (χ2v) is 12.5. The first-order valence-electron chi connectivity index (χ1n) is 10.0. The lowest BCUT2D eigenvalue weighted by atomic mass is 10.0. The Morgan fingerprint density at radius 2 is 2.00 bits per heavy atom. The Balaban J connectivity index is 1.46. The first-order valence-corrected chi connectivity index (χ1v) is 14.0. The molecule has 1 N–H and O–H groups in total. The van der Waals surface area contributed by atoms with Gasteiger partial charge in [-0.1, -0.05) is 13.3 Å². The van der Waals surface area contributed by atoms with Gasteiger partial charge in [-0.3, -0.25) is 10.1 Å². The van der Waals surface area contributed by atoms with E-state index < -0.39 is 10.0 Å². The van der Waals surface area contributed by atoms with Crippen molar-refractivity contribution in [1.29, 1.82) is 0 Å². The fourth-order valence-electron chi connectivity index (χ4n) is 3.68. The van der Waals surface area contributed by atoms with Gasteiger partial charge in [-0.25, -0.2) is 13.4 Å². The normalized spacial score (nSPS) is 17.5. The molecule has 0 saturated carbocycles. The predicted octanol–water partition coefficient (Wildman–Crippen LogP) is 5.84. The Bertz CT molecular complexity index is 1170. The Morgan fingerprint density at radius 3 is 2.68 bits per heavy atom. The zero-order chi connectivity index (χ0) is 22.0. The van der Waals surface area contributed by atoms with Crippen LogP contribution in [-0.4, -0.2) is 36.2 Å². The summed E-state index contributed by atoms with van der Waals surface area (Å²) in [5, 5.41) is 5.19. The molecule has 10 heteroatoms. The Labute approximate surface area is 198 Å². The number of hydrogen-bond acceptors (Lipinski definition) is 6. The third-order valence-electron chi connectivity index (χ3n) is 5.32. The quantitative estimate of drug-likeness (QED) is 0.426. The summed E-state index contributed by atoms with van der Waals surface area (Å²) >= 11 is 6.36. The Hall–Kier alpha value is -1.59. The van der Waals surface area contributed by atoms with Crippen molar-refractivity contribution in [3.05, 3.63) is 51.1 Å². The van der Waals surface area contributed by atoms with Gasteiger partial charge < -0.3 is 0 Å². The summed E-state index contributed by atoms with van der Waals surface area (Å²) in [7, 11) is -3.56. The molecule has 164 valence electrons. The monoisotopic (exact) mass is 539 g/mol. The van der Waals surface area contributed by atoms with E-state index in [1.54, 1.807) is 27.8 Å². The van der Waals surface area contributed by atoms with Crippen molar-refractivity contribution in [2.75, 3.05) is 11.9 Å². The number of nitrogens with one attached hydrogen (secondary N) is 1. The van der Waals surface area contributed by atoms with Crippen molar-refractivity contribution in [3.8, 4) is 10.6 Å². The number of rotatable bonds is 6. The summed E-state index contributed by atoms with van der Waals surface area (Å²) in [5.74, 6) is -0.318. The summed E-state index contributed by atoms with van der Waals surface area (Å²) in [6.07, 6.45) is 3.65. The van der Waals surface area contributed by atoms with E-state index >= 15 is 0 Å². The zero-order valence-corrected chi connectivity index (χ0v) is 20.9. The Morgan fingerprint density at radius 1 is 1.23 bits per heavy atom. The maximum atomic E-state index is 13.1. The molecule has 3 heterocycles. The average Bonchev–Trinajstić information content (AvgIpc) is 3.42. The van der Waals surface area contributed by atoms with E-state index in [1.165, 1.54) is 23.5 Å². The van der Waals surface area contributed by atoms with Crippen LogP contribution in [0.1, 0.15) is 43.0 Å². The van der Waals surface area contributed by atoms with Crippen LogP contribution in [0, 0.1) is 0 Å². The van der Waals surface area contributed by atoms with Crippen LogP contribution in [0.5, 0.6) is 0 Å². The minimum Gasteiger partial charge on any atom is -0.298 e. The standard InChI is InChI=1S/C21H22BrN3O3S3/c1-2-15-5-3-4-12-25(15)31(27,28)16-8-6-14(7-9-16)20(26)24-21-23-17(13-29-21)18-10-11-19(22)30-18/h6-11,13,15H,2-5,12H2,1H3,(H,23,24,26). The van der Waals surface area contributed by atoms with Gasteiger partial charge >= 0.3 is 0 Å². The van der Waals surface area contributed by atoms with Crippen LogP contribution >= 0.6 is 38.6 Å². The smallest absolute Gasteiger partial charge is 0.257 e. The van der Waals surface area contributed by atoms with Crippen LogP contribution in [-0.2, 0) is 10.0 Å². The van der Waals surface area contributed by atoms with Crippen molar-refractivity contribution in [3.63, 3.8) is 0 Å². The Kier molecular flexibility index (Phi) is 6.92. The van der Waals surface area contributed by atoms with Gasteiger partial charge in [-0.15, -0.1) is 22.7 Å². The molecule has 31 heavy (non-hydrogen) atoms. The van der Waals surface area contributed by atoms with Gasteiger partial charge in [0.2, 0.25) is 10.0 Å². The number of thiophene rings is 1. The zero-order valence-electron chi connectivity index (χ0n) is 16.9. The predicted molar refractivity (Wildman–Crippen MR) is 129 cm³/mol. The number of hydrogen-bond donors (Lipinski definition) is 1. The molecular weight excluding hydrogens is 518 g/mol. The molecule has 1 aromatic carbocycles. The molecule has 1 atom stereocenters. The van der Waals surface area contributed by atoms with Crippen LogP contribution in [0.15, 0.2) is 50.5 Å². The highest BCUT2D eigenvalue weighted by molar-refractivity contribution is 9.11. The number of carbonyl (C=O) groups is 1. The molecule has 0 spiro atoms. The number of halogens is 1. The molecule has 0 bridgehead atoms. The van der Waals surface area contributed by atoms with Crippen LogP contribution in [0.2, 0.25) is 0 Å². The molecule has 4 rings (SSSR count). The molecule has 6 nitrogen and oxygen atoms in total. The van der Waals surface area contributed by atoms with Gasteiger partial charge in [-0.2, -0.15) is 4.31 Å². The molecule has 0 radical (unpaired) electrons. The first-order chi connectivity index (χ1) is 14.9. The maximum absolute atomic E-state index is 13.1. The van der Waals surface area contributed by atoms with Crippen molar-refractivity contribution in [1.82, 2.24) is 9.29 Å². The van der Waals surface area contributed by atoms with E-state index in [4.69, 9.17) is 0 Å². The van der Waals surface area contributed by atoms with E-state index in [0.717, 1.165) is 40.0 Å². The van der Waals surface area contributed by atoms with Gasteiger partial charge in [0.05, 0.1) is 19.3 Å². The van der Waals surface area contributed by atoms with E-state index in [1.807, 2.05) is 24.4 Å². The first kappa shape index (κ1) is 22.6. The lowest BCUT2D eigenvalue weighted by molar-refractivity contribution is 0.102. The highest BCUT2D eigenvalue weighted by Gasteiger charge is 2.32. The molecule has 1 fully saturated rings. The minimum atomic E-state index is -3.56. The second kappa shape index (κ2) is 9.50. The van der Waals surface area contributed by atoms with E-state index in [0.29, 0.717) is 17.2 Å². The third-order valence-corrected chi connectivity index (χ3v) is 9.69. The number of carbonyl (C=O) groups excluding carboxylic acids is 1. The number of thiazole rings is 1. The molecule has 1 aliphatic rings. The largest absolute Gasteiger partial charge is 0.298 e. The molecule has 1 unspecified atom stereocenters. The lowest BCUT2D eigenvalue weighted by Crippen LogP contribution is -2.43. The van der Waals surface area contributed by atoms with Gasteiger partial charge in [0.25, 0.3) is 5.91 Å². The minimum absolute atomic E-state index is 0.0461. The highest BCUT2D eigenvalue weighted by Crippen LogP contribution is 2.33. The fourth-order valence-corrected chi connectivity index (χ4v) is 7.57. The van der Waals surface area contributed by atoms with Crippen molar-refractivity contribution < 1.29 is 13.2 Å². The summed E-state index contributed by atoms with van der Waals surface area (Å²) < 4.78 is 28.8. The van der Waals surface area contributed by atoms with Gasteiger partial charge in [0.1, 0.15) is 0 Å². The fraction of sp³-hybridized carbons (Fsp3) is 0.333. The number of nitrogens with zero attached hydrogens (tertiary/aromatic N) is 2. The van der Waals surface area contributed by atoms with E-state index in [-0.39, 0.29) is 16.8 Å². The maximum Gasteiger partial charge on any atom is 0.257 e.